The fourth-order valence-corrected chi connectivity index (χ4v) is 1.74. The first kappa shape index (κ1) is 11.5. The fraction of sp³-hybridized carbons (Fsp3) is 0.900. The van der Waals surface area contributed by atoms with E-state index in [2.05, 4.69) is 10.1 Å². The van der Waals surface area contributed by atoms with Crippen LogP contribution in [-0.2, 0) is 14.3 Å². The van der Waals surface area contributed by atoms with E-state index in [1.54, 1.807) is 6.92 Å². The number of rotatable bonds is 4. The van der Waals surface area contributed by atoms with Gasteiger partial charge in [0.2, 0.25) is 0 Å². The number of ether oxygens (including phenoxy) is 2. The summed E-state index contributed by atoms with van der Waals surface area (Å²) >= 11 is 0. The lowest BCUT2D eigenvalue weighted by Crippen LogP contribution is -2.45. The molecule has 82 valence electrons. The standard InChI is InChI=1S/C10H19NO3/c1-7(9-5-4-6-14-9)11-8(2)10(12)13-3/h7-9,11H,4-6H2,1-3H3. The van der Waals surface area contributed by atoms with E-state index in [-0.39, 0.29) is 24.2 Å². The molecule has 3 unspecified atom stereocenters. The molecule has 1 rings (SSSR count). The summed E-state index contributed by atoms with van der Waals surface area (Å²) in [7, 11) is 1.40. The molecule has 0 spiro atoms. The van der Waals surface area contributed by atoms with Crippen LogP contribution in [0.1, 0.15) is 26.7 Å². The monoisotopic (exact) mass is 201 g/mol. The number of methoxy groups -OCH3 is 1. The molecule has 4 heteroatoms. The minimum Gasteiger partial charge on any atom is -0.468 e. The third-order valence-electron chi connectivity index (χ3n) is 2.59. The summed E-state index contributed by atoms with van der Waals surface area (Å²) in [5, 5.41) is 3.17. The van der Waals surface area contributed by atoms with E-state index in [0.29, 0.717) is 0 Å². The number of carbonyl (C=O) groups is 1. The van der Waals surface area contributed by atoms with Crippen LogP contribution < -0.4 is 5.32 Å². The zero-order chi connectivity index (χ0) is 10.6. The van der Waals surface area contributed by atoms with E-state index < -0.39 is 0 Å². The van der Waals surface area contributed by atoms with Crippen LogP contribution in [0.4, 0.5) is 0 Å². The highest BCUT2D eigenvalue weighted by Gasteiger charge is 2.25. The van der Waals surface area contributed by atoms with Crippen LogP contribution >= 0.6 is 0 Å². The van der Waals surface area contributed by atoms with Gasteiger partial charge < -0.3 is 9.47 Å². The van der Waals surface area contributed by atoms with E-state index in [9.17, 15) is 4.79 Å². The van der Waals surface area contributed by atoms with Crippen molar-refractivity contribution < 1.29 is 14.3 Å². The van der Waals surface area contributed by atoms with Gasteiger partial charge in [-0.3, -0.25) is 10.1 Å². The molecule has 14 heavy (non-hydrogen) atoms. The molecule has 1 saturated heterocycles. The molecule has 0 aliphatic carbocycles. The van der Waals surface area contributed by atoms with Crippen molar-refractivity contribution in [3.8, 4) is 0 Å². The topological polar surface area (TPSA) is 47.6 Å². The van der Waals surface area contributed by atoms with Crippen molar-refractivity contribution in [2.75, 3.05) is 13.7 Å². The van der Waals surface area contributed by atoms with E-state index >= 15 is 0 Å². The Morgan fingerprint density at radius 1 is 1.57 bits per heavy atom. The maximum absolute atomic E-state index is 11.1. The second-order valence-corrected chi connectivity index (χ2v) is 3.75. The molecule has 1 fully saturated rings. The van der Waals surface area contributed by atoms with E-state index in [4.69, 9.17) is 4.74 Å². The highest BCUT2D eigenvalue weighted by molar-refractivity contribution is 5.75. The average Bonchev–Trinajstić information content (AvgIpc) is 2.69. The molecule has 4 nitrogen and oxygen atoms in total. The quantitative estimate of drug-likeness (QED) is 0.680. The Hall–Kier alpha value is -0.610. The first-order valence-corrected chi connectivity index (χ1v) is 5.10. The second kappa shape index (κ2) is 5.32. The third kappa shape index (κ3) is 2.96. The Kier molecular flexibility index (Phi) is 4.35. The third-order valence-corrected chi connectivity index (χ3v) is 2.59. The first-order valence-electron chi connectivity index (χ1n) is 5.10. The lowest BCUT2D eigenvalue weighted by Gasteiger charge is -2.22. The predicted octanol–water partition coefficient (Wildman–Crippen LogP) is 0.705. The number of esters is 1. The van der Waals surface area contributed by atoms with Gasteiger partial charge in [-0.1, -0.05) is 0 Å². The zero-order valence-corrected chi connectivity index (χ0v) is 9.08. The van der Waals surface area contributed by atoms with Gasteiger partial charge in [0, 0.05) is 12.6 Å². The van der Waals surface area contributed by atoms with Gasteiger partial charge in [0.15, 0.2) is 0 Å². The Bertz CT molecular complexity index is 190. The van der Waals surface area contributed by atoms with Crippen LogP contribution in [0.2, 0.25) is 0 Å². The second-order valence-electron chi connectivity index (χ2n) is 3.75. The molecule has 0 aromatic rings. The lowest BCUT2D eigenvalue weighted by molar-refractivity contribution is -0.143. The van der Waals surface area contributed by atoms with Crippen LogP contribution in [0.15, 0.2) is 0 Å². The van der Waals surface area contributed by atoms with Crippen molar-refractivity contribution in [2.45, 2.75) is 44.9 Å². The molecule has 0 aromatic heterocycles. The SMILES string of the molecule is COC(=O)C(C)NC(C)C1CCCO1. The van der Waals surface area contributed by atoms with Gasteiger partial charge >= 0.3 is 5.97 Å². The van der Waals surface area contributed by atoms with Crippen molar-refractivity contribution in [3.63, 3.8) is 0 Å². The summed E-state index contributed by atoms with van der Waals surface area (Å²) < 4.78 is 10.1. The molecule has 1 heterocycles. The Morgan fingerprint density at radius 3 is 2.79 bits per heavy atom. The van der Waals surface area contributed by atoms with Gasteiger partial charge in [-0.2, -0.15) is 0 Å². The van der Waals surface area contributed by atoms with Crippen molar-refractivity contribution in [2.24, 2.45) is 0 Å². The highest BCUT2D eigenvalue weighted by Crippen LogP contribution is 2.15. The van der Waals surface area contributed by atoms with Gasteiger partial charge in [-0.05, 0) is 26.7 Å². The summed E-state index contributed by atoms with van der Waals surface area (Å²) in [6.45, 7) is 4.68. The van der Waals surface area contributed by atoms with Gasteiger partial charge in [-0.15, -0.1) is 0 Å². The molecule has 0 radical (unpaired) electrons. The van der Waals surface area contributed by atoms with E-state index in [1.165, 1.54) is 7.11 Å². The summed E-state index contributed by atoms with van der Waals surface area (Å²) in [5.74, 6) is -0.227. The molecule has 0 saturated carbocycles. The van der Waals surface area contributed by atoms with Crippen molar-refractivity contribution in [3.05, 3.63) is 0 Å². The molecular weight excluding hydrogens is 182 g/mol. The first-order chi connectivity index (χ1) is 6.65. The Morgan fingerprint density at radius 2 is 2.29 bits per heavy atom. The van der Waals surface area contributed by atoms with Gasteiger partial charge in [0.1, 0.15) is 6.04 Å². The molecule has 0 amide bonds. The van der Waals surface area contributed by atoms with Crippen molar-refractivity contribution >= 4 is 5.97 Å². The summed E-state index contributed by atoms with van der Waals surface area (Å²) in [4.78, 5) is 11.1. The molecular formula is C10H19NO3. The predicted molar refractivity (Wildman–Crippen MR) is 53.0 cm³/mol. The molecule has 0 bridgehead atoms. The minimum absolute atomic E-state index is 0.201. The largest absolute Gasteiger partial charge is 0.468 e. The van der Waals surface area contributed by atoms with E-state index in [0.717, 1.165) is 19.4 Å². The van der Waals surface area contributed by atoms with Gasteiger partial charge in [0.05, 0.1) is 13.2 Å². The number of hydrogen-bond donors (Lipinski definition) is 1. The summed E-state index contributed by atoms with van der Waals surface area (Å²) in [6, 6.07) is -0.0641. The van der Waals surface area contributed by atoms with Crippen molar-refractivity contribution in [1.29, 1.82) is 0 Å². The molecule has 0 aromatic carbocycles. The molecule has 1 N–H and O–H groups in total. The molecule has 1 aliphatic heterocycles. The molecule has 1 aliphatic rings. The zero-order valence-electron chi connectivity index (χ0n) is 9.08. The smallest absolute Gasteiger partial charge is 0.322 e. The molecule has 3 atom stereocenters. The fourth-order valence-electron chi connectivity index (χ4n) is 1.74. The maximum Gasteiger partial charge on any atom is 0.322 e. The van der Waals surface area contributed by atoms with Crippen LogP contribution in [0, 0.1) is 0 Å². The number of carbonyl (C=O) groups excluding carboxylic acids is 1. The average molecular weight is 201 g/mol. The maximum atomic E-state index is 11.1. The van der Waals surface area contributed by atoms with Crippen LogP contribution in [0.3, 0.4) is 0 Å². The minimum atomic E-state index is -0.265. The van der Waals surface area contributed by atoms with Crippen LogP contribution in [-0.4, -0.2) is 37.9 Å². The Labute approximate surface area is 85.0 Å². The highest BCUT2D eigenvalue weighted by atomic mass is 16.5. The number of nitrogens with one attached hydrogen (secondary N) is 1. The van der Waals surface area contributed by atoms with Gasteiger partial charge in [-0.25, -0.2) is 0 Å². The van der Waals surface area contributed by atoms with Crippen LogP contribution in [0.25, 0.3) is 0 Å². The van der Waals surface area contributed by atoms with E-state index in [1.807, 2.05) is 6.92 Å². The lowest BCUT2D eigenvalue weighted by atomic mass is 10.1. The van der Waals surface area contributed by atoms with Crippen molar-refractivity contribution in [1.82, 2.24) is 5.32 Å². The number of hydrogen-bond acceptors (Lipinski definition) is 4. The van der Waals surface area contributed by atoms with Crippen LogP contribution in [0.5, 0.6) is 0 Å². The Balaban J connectivity index is 2.31. The van der Waals surface area contributed by atoms with Gasteiger partial charge in [0.25, 0.3) is 0 Å². The summed E-state index contributed by atoms with van der Waals surface area (Å²) in [5.41, 5.74) is 0. The summed E-state index contributed by atoms with van der Waals surface area (Å²) in [6.07, 6.45) is 2.42. The normalized spacial score (nSPS) is 25.8.